The largest absolute Gasteiger partial charge is 0.497 e. The highest BCUT2D eigenvalue weighted by atomic mass is 16.5. The van der Waals surface area contributed by atoms with Crippen molar-refractivity contribution < 1.29 is 18.9 Å². The molecule has 2 aromatic rings. The zero-order valence-electron chi connectivity index (χ0n) is 14.5. The van der Waals surface area contributed by atoms with Gasteiger partial charge < -0.3 is 18.9 Å². The van der Waals surface area contributed by atoms with Crippen molar-refractivity contribution in [3.63, 3.8) is 0 Å². The molecule has 3 aliphatic rings. The SMILES string of the molecule is COc1ccc2c(c1)OC[C@H]1c3cc4c(cc3O[C@@H]21)OC(C)(C)C=C4. The molecule has 0 radical (unpaired) electrons. The summed E-state index contributed by atoms with van der Waals surface area (Å²) in [6.07, 6.45) is 4.20. The minimum absolute atomic E-state index is 0.0227. The lowest BCUT2D eigenvalue weighted by molar-refractivity contribution is 0.138. The average molecular weight is 336 g/mol. The summed E-state index contributed by atoms with van der Waals surface area (Å²) >= 11 is 0. The predicted molar refractivity (Wildman–Crippen MR) is 94.8 cm³/mol. The molecule has 2 atom stereocenters. The number of methoxy groups -OCH3 is 1. The van der Waals surface area contributed by atoms with Crippen molar-refractivity contribution in [1.82, 2.24) is 0 Å². The number of benzene rings is 2. The van der Waals surface area contributed by atoms with E-state index in [0.717, 1.165) is 34.1 Å². The highest BCUT2D eigenvalue weighted by Crippen LogP contribution is 2.53. The summed E-state index contributed by atoms with van der Waals surface area (Å²) in [7, 11) is 1.66. The summed E-state index contributed by atoms with van der Waals surface area (Å²) in [5, 5.41) is 0. The third-order valence-corrected chi connectivity index (χ3v) is 5.14. The molecule has 0 spiro atoms. The monoisotopic (exact) mass is 336 g/mol. The Morgan fingerprint density at radius 2 is 1.92 bits per heavy atom. The maximum atomic E-state index is 6.32. The Bertz CT molecular complexity index is 897. The van der Waals surface area contributed by atoms with Crippen LogP contribution < -0.4 is 18.9 Å². The molecular weight excluding hydrogens is 316 g/mol. The Labute approximate surface area is 147 Å². The van der Waals surface area contributed by atoms with Crippen molar-refractivity contribution >= 4 is 6.08 Å². The first-order valence-electron chi connectivity index (χ1n) is 8.58. The summed E-state index contributed by atoms with van der Waals surface area (Å²) in [6.45, 7) is 4.71. The third kappa shape index (κ3) is 2.20. The maximum absolute atomic E-state index is 6.32. The summed E-state index contributed by atoms with van der Waals surface area (Å²) < 4.78 is 23.7. The van der Waals surface area contributed by atoms with Crippen LogP contribution in [-0.4, -0.2) is 19.3 Å². The van der Waals surface area contributed by atoms with Gasteiger partial charge in [0.2, 0.25) is 0 Å². The first-order chi connectivity index (χ1) is 12.0. The molecular formula is C21H20O4. The van der Waals surface area contributed by atoms with E-state index in [0.29, 0.717) is 6.61 Å². The van der Waals surface area contributed by atoms with Gasteiger partial charge in [-0.25, -0.2) is 0 Å². The van der Waals surface area contributed by atoms with Gasteiger partial charge in [0.1, 0.15) is 34.7 Å². The number of hydrogen-bond donors (Lipinski definition) is 0. The Balaban J connectivity index is 1.55. The molecule has 128 valence electrons. The fourth-order valence-corrected chi connectivity index (χ4v) is 3.83. The van der Waals surface area contributed by atoms with Gasteiger partial charge in [-0.1, -0.05) is 6.08 Å². The van der Waals surface area contributed by atoms with Gasteiger partial charge in [-0.2, -0.15) is 0 Å². The number of ether oxygens (including phenoxy) is 4. The zero-order valence-corrected chi connectivity index (χ0v) is 14.5. The van der Waals surface area contributed by atoms with Crippen LogP contribution in [0, 0.1) is 0 Å². The van der Waals surface area contributed by atoms with Crippen molar-refractivity contribution in [2.45, 2.75) is 31.5 Å². The highest BCUT2D eigenvalue weighted by Gasteiger charge is 2.41. The van der Waals surface area contributed by atoms with Crippen LogP contribution in [0.3, 0.4) is 0 Å². The maximum Gasteiger partial charge on any atom is 0.138 e. The molecule has 0 unspecified atom stereocenters. The van der Waals surface area contributed by atoms with E-state index in [4.69, 9.17) is 18.9 Å². The second-order valence-electron chi connectivity index (χ2n) is 7.33. The minimum atomic E-state index is -0.293. The molecule has 0 amide bonds. The van der Waals surface area contributed by atoms with Crippen molar-refractivity contribution in [2.24, 2.45) is 0 Å². The average Bonchev–Trinajstić information content (AvgIpc) is 2.96. The number of hydrogen-bond acceptors (Lipinski definition) is 4. The quantitative estimate of drug-likeness (QED) is 0.769. The van der Waals surface area contributed by atoms with Crippen molar-refractivity contribution in [1.29, 1.82) is 0 Å². The molecule has 4 nitrogen and oxygen atoms in total. The normalized spacial score (nSPS) is 24.0. The molecule has 0 N–H and O–H groups in total. The van der Waals surface area contributed by atoms with E-state index in [1.165, 1.54) is 5.56 Å². The number of rotatable bonds is 1. The van der Waals surface area contributed by atoms with E-state index in [-0.39, 0.29) is 17.6 Å². The van der Waals surface area contributed by atoms with E-state index in [9.17, 15) is 0 Å². The van der Waals surface area contributed by atoms with Crippen LogP contribution in [0.2, 0.25) is 0 Å². The van der Waals surface area contributed by atoms with Crippen molar-refractivity contribution in [2.75, 3.05) is 13.7 Å². The molecule has 2 aromatic carbocycles. The molecule has 0 saturated carbocycles. The van der Waals surface area contributed by atoms with Crippen LogP contribution in [0.25, 0.3) is 6.08 Å². The molecule has 4 heteroatoms. The molecule has 0 aromatic heterocycles. The van der Waals surface area contributed by atoms with Crippen LogP contribution in [0.1, 0.15) is 42.6 Å². The molecule has 5 rings (SSSR count). The molecule has 3 heterocycles. The minimum Gasteiger partial charge on any atom is -0.497 e. The van der Waals surface area contributed by atoms with E-state index < -0.39 is 0 Å². The Morgan fingerprint density at radius 1 is 1.04 bits per heavy atom. The van der Waals surface area contributed by atoms with Crippen molar-refractivity contribution in [3.8, 4) is 23.0 Å². The summed E-state index contributed by atoms with van der Waals surface area (Å²) in [5.41, 5.74) is 3.07. The Hall–Kier alpha value is -2.62. The first-order valence-corrected chi connectivity index (χ1v) is 8.58. The zero-order chi connectivity index (χ0) is 17.2. The van der Waals surface area contributed by atoms with Crippen LogP contribution in [0.4, 0.5) is 0 Å². The standard InChI is InChI=1S/C21H20O4/c1-21(2)7-6-12-8-15-16-11-23-18-9-13(22-3)4-5-14(18)20(16)24-19(15)10-17(12)25-21/h4-10,16,20H,11H2,1-3H3/t16-,20-/m0/s1. The molecule has 0 aliphatic carbocycles. The second-order valence-corrected chi connectivity index (χ2v) is 7.33. The summed E-state index contributed by atoms with van der Waals surface area (Å²) in [6, 6.07) is 10.1. The molecule has 0 bridgehead atoms. The lowest BCUT2D eigenvalue weighted by atomic mass is 9.88. The number of fused-ring (bicyclic) bond motifs is 6. The van der Waals surface area contributed by atoms with Crippen LogP contribution in [0.15, 0.2) is 36.4 Å². The summed E-state index contributed by atoms with van der Waals surface area (Å²) in [5.74, 6) is 3.61. The van der Waals surface area contributed by atoms with Gasteiger partial charge in [0.15, 0.2) is 0 Å². The Morgan fingerprint density at radius 3 is 2.76 bits per heavy atom. The van der Waals surface area contributed by atoms with Gasteiger partial charge >= 0.3 is 0 Å². The van der Waals surface area contributed by atoms with Crippen LogP contribution in [0.5, 0.6) is 23.0 Å². The van der Waals surface area contributed by atoms with Gasteiger partial charge in [-0.05, 0) is 38.1 Å². The van der Waals surface area contributed by atoms with Gasteiger partial charge in [-0.15, -0.1) is 0 Å². The van der Waals surface area contributed by atoms with Gasteiger partial charge in [-0.3, -0.25) is 0 Å². The predicted octanol–water partition coefficient (Wildman–Crippen LogP) is 4.49. The van der Waals surface area contributed by atoms with Gasteiger partial charge in [0, 0.05) is 28.8 Å². The highest BCUT2D eigenvalue weighted by molar-refractivity contribution is 5.66. The molecule has 25 heavy (non-hydrogen) atoms. The van der Waals surface area contributed by atoms with Crippen LogP contribution >= 0.6 is 0 Å². The van der Waals surface area contributed by atoms with E-state index in [2.05, 4.69) is 32.1 Å². The molecule has 3 aliphatic heterocycles. The molecule has 0 fully saturated rings. The lowest BCUT2D eigenvalue weighted by Crippen LogP contribution is -2.27. The topological polar surface area (TPSA) is 36.9 Å². The fraction of sp³-hybridized carbons (Fsp3) is 0.333. The van der Waals surface area contributed by atoms with E-state index >= 15 is 0 Å². The molecule has 0 saturated heterocycles. The van der Waals surface area contributed by atoms with Crippen LogP contribution in [-0.2, 0) is 0 Å². The second kappa shape index (κ2) is 4.94. The van der Waals surface area contributed by atoms with Gasteiger partial charge in [0.25, 0.3) is 0 Å². The smallest absolute Gasteiger partial charge is 0.138 e. The summed E-state index contributed by atoms with van der Waals surface area (Å²) in [4.78, 5) is 0. The first kappa shape index (κ1) is 14.7. The third-order valence-electron chi connectivity index (χ3n) is 5.14. The van der Waals surface area contributed by atoms with E-state index in [1.807, 2.05) is 24.3 Å². The lowest BCUT2D eigenvalue weighted by Gasteiger charge is -2.28. The van der Waals surface area contributed by atoms with E-state index in [1.54, 1.807) is 7.11 Å². The van der Waals surface area contributed by atoms with Gasteiger partial charge in [0.05, 0.1) is 19.6 Å². The fourth-order valence-electron chi connectivity index (χ4n) is 3.83. The van der Waals surface area contributed by atoms with Crippen molar-refractivity contribution in [3.05, 3.63) is 53.1 Å². The Kier molecular flexibility index (Phi) is 2.91.